The van der Waals surface area contributed by atoms with Gasteiger partial charge < -0.3 is 15.3 Å². The number of hydrogen-bond donors (Lipinski definition) is 3. The first-order valence-corrected chi connectivity index (χ1v) is 11.0. The highest BCUT2D eigenvalue weighted by Gasteiger charge is 2.39. The summed E-state index contributed by atoms with van der Waals surface area (Å²) >= 11 is 4.43. The molecule has 0 unspecified atom stereocenters. The van der Waals surface area contributed by atoms with E-state index in [1.54, 1.807) is 6.92 Å². The van der Waals surface area contributed by atoms with Gasteiger partial charge in [0.1, 0.15) is 12.1 Å². The number of nitrogens with zero attached hydrogens (tertiary/aromatic N) is 1. The smallest absolute Gasteiger partial charge is 0.326 e. The maximum absolute atomic E-state index is 13.3. The van der Waals surface area contributed by atoms with Gasteiger partial charge >= 0.3 is 5.97 Å². The van der Waals surface area contributed by atoms with E-state index >= 15 is 0 Å². The van der Waals surface area contributed by atoms with E-state index in [1.165, 1.54) is 4.90 Å². The molecule has 1 saturated heterocycles. The molecule has 0 saturated carbocycles. The van der Waals surface area contributed by atoms with E-state index in [4.69, 9.17) is 0 Å². The molecule has 0 bridgehead atoms. The molecule has 2 amide bonds. The number of carbonyl (C=O) groups is 3. The molecule has 2 rings (SSSR count). The van der Waals surface area contributed by atoms with E-state index in [-0.39, 0.29) is 17.9 Å². The van der Waals surface area contributed by atoms with E-state index in [2.05, 4.69) is 17.9 Å². The Morgan fingerprint density at radius 2 is 1.93 bits per heavy atom. The van der Waals surface area contributed by atoms with Crippen molar-refractivity contribution in [3.63, 3.8) is 0 Å². The molecule has 0 spiro atoms. The van der Waals surface area contributed by atoms with Gasteiger partial charge in [-0.25, -0.2) is 4.79 Å². The lowest BCUT2D eigenvalue weighted by molar-refractivity contribution is -0.153. The molecule has 0 aromatic heterocycles. The van der Waals surface area contributed by atoms with Crippen LogP contribution in [-0.2, 0) is 20.8 Å². The zero-order chi connectivity index (χ0) is 21.4. The highest BCUT2D eigenvalue weighted by Crippen LogP contribution is 2.25. The lowest BCUT2D eigenvalue weighted by atomic mass is 10.0. The van der Waals surface area contributed by atoms with Gasteiger partial charge in [0.25, 0.3) is 0 Å². The second-order valence-electron chi connectivity index (χ2n) is 7.65. The molecule has 6 nitrogen and oxygen atoms in total. The molecule has 7 heteroatoms. The van der Waals surface area contributed by atoms with E-state index < -0.39 is 23.3 Å². The monoisotopic (exact) mass is 420 g/mol. The Balaban J connectivity index is 2.13. The summed E-state index contributed by atoms with van der Waals surface area (Å²) in [5.41, 5.74) is 0.997. The molecule has 1 aromatic carbocycles. The highest BCUT2D eigenvalue weighted by atomic mass is 32.1. The first kappa shape index (κ1) is 23.3. The fourth-order valence-corrected chi connectivity index (χ4v) is 4.31. The summed E-state index contributed by atoms with van der Waals surface area (Å²) in [5, 5.41) is 11.9. The molecule has 160 valence electrons. The van der Waals surface area contributed by atoms with Crippen molar-refractivity contribution in [1.29, 1.82) is 0 Å². The SMILES string of the molecule is CCC[C@H]1CCC[C@H](NC(=O)[C@@H](S)Cc2ccccc2)C(=O)N1[C@H](CC)C(=O)O. The van der Waals surface area contributed by atoms with Crippen LogP contribution in [0.3, 0.4) is 0 Å². The Morgan fingerprint density at radius 1 is 1.24 bits per heavy atom. The van der Waals surface area contributed by atoms with Gasteiger partial charge in [-0.3, -0.25) is 9.59 Å². The van der Waals surface area contributed by atoms with Gasteiger partial charge in [-0.15, -0.1) is 0 Å². The molecule has 1 heterocycles. The second-order valence-corrected chi connectivity index (χ2v) is 8.27. The van der Waals surface area contributed by atoms with Crippen LogP contribution < -0.4 is 5.32 Å². The van der Waals surface area contributed by atoms with Crippen molar-refractivity contribution < 1.29 is 19.5 Å². The number of carboxylic acids is 1. The number of likely N-dealkylation sites (tertiary alicyclic amines) is 1. The number of hydrogen-bond acceptors (Lipinski definition) is 4. The third kappa shape index (κ3) is 6.23. The molecule has 1 fully saturated rings. The lowest BCUT2D eigenvalue weighted by Gasteiger charge is -2.36. The average Bonchev–Trinajstić information content (AvgIpc) is 2.83. The Bertz CT molecular complexity index is 697. The summed E-state index contributed by atoms with van der Waals surface area (Å²) in [6.07, 6.45) is 4.48. The first-order valence-electron chi connectivity index (χ1n) is 10.5. The van der Waals surface area contributed by atoms with Crippen molar-refractivity contribution in [1.82, 2.24) is 10.2 Å². The predicted octanol–water partition coefficient (Wildman–Crippen LogP) is 3.06. The van der Waals surface area contributed by atoms with Gasteiger partial charge in [0.05, 0.1) is 5.25 Å². The van der Waals surface area contributed by atoms with Crippen LogP contribution in [0, 0.1) is 0 Å². The van der Waals surface area contributed by atoms with Gasteiger partial charge in [0, 0.05) is 6.04 Å². The van der Waals surface area contributed by atoms with E-state index in [0.29, 0.717) is 19.3 Å². The predicted molar refractivity (Wildman–Crippen MR) is 116 cm³/mol. The van der Waals surface area contributed by atoms with Gasteiger partial charge in [0.15, 0.2) is 0 Å². The topological polar surface area (TPSA) is 86.7 Å². The third-order valence-corrected chi connectivity index (χ3v) is 5.91. The highest BCUT2D eigenvalue weighted by molar-refractivity contribution is 7.81. The van der Waals surface area contributed by atoms with Crippen molar-refractivity contribution in [3.05, 3.63) is 35.9 Å². The molecular weight excluding hydrogens is 388 g/mol. The van der Waals surface area contributed by atoms with Crippen molar-refractivity contribution >= 4 is 30.4 Å². The fraction of sp³-hybridized carbons (Fsp3) is 0.591. The van der Waals surface area contributed by atoms with Crippen LogP contribution in [0.5, 0.6) is 0 Å². The molecule has 29 heavy (non-hydrogen) atoms. The van der Waals surface area contributed by atoms with Crippen molar-refractivity contribution in [2.45, 2.75) is 82.2 Å². The number of rotatable bonds is 9. The molecular formula is C22H32N2O4S. The molecule has 0 radical (unpaired) electrons. The quantitative estimate of drug-likeness (QED) is 0.536. The fourth-order valence-electron chi connectivity index (χ4n) is 4.03. The maximum Gasteiger partial charge on any atom is 0.326 e. The average molecular weight is 421 g/mol. The molecule has 0 aliphatic carbocycles. The normalized spacial score (nSPS) is 21.9. The van der Waals surface area contributed by atoms with Crippen LogP contribution in [0.2, 0.25) is 0 Å². The maximum atomic E-state index is 13.3. The van der Waals surface area contributed by atoms with Gasteiger partial charge in [-0.05, 0) is 44.1 Å². The largest absolute Gasteiger partial charge is 0.480 e. The first-order chi connectivity index (χ1) is 13.9. The van der Waals surface area contributed by atoms with Gasteiger partial charge in [0.2, 0.25) is 11.8 Å². The molecule has 1 aliphatic rings. The molecule has 2 N–H and O–H groups in total. The summed E-state index contributed by atoms with van der Waals surface area (Å²) < 4.78 is 0. The Labute approximate surface area is 178 Å². The Morgan fingerprint density at radius 3 is 2.52 bits per heavy atom. The summed E-state index contributed by atoms with van der Waals surface area (Å²) in [7, 11) is 0. The van der Waals surface area contributed by atoms with Crippen LogP contribution in [0.1, 0.15) is 57.9 Å². The van der Waals surface area contributed by atoms with Crippen LogP contribution in [-0.4, -0.2) is 51.2 Å². The lowest BCUT2D eigenvalue weighted by Crippen LogP contribution is -2.56. The van der Waals surface area contributed by atoms with Crippen LogP contribution >= 0.6 is 12.6 Å². The number of thiol groups is 1. The Hall–Kier alpha value is -2.02. The molecule has 4 atom stereocenters. The number of aliphatic carboxylic acids is 1. The minimum Gasteiger partial charge on any atom is -0.480 e. The standard InChI is InChI=1S/C22H32N2O4S/c1-3-9-16-12-8-13-17(21(26)24(16)18(4-2)22(27)28)23-20(25)19(29)14-15-10-6-5-7-11-15/h5-7,10-11,16-19,29H,3-4,8-9,12-14H2,1-2H3,(H,23,25)(H,27,28)/t16-,17-,18+,19-/m0/s1. The van der Waals surface area contributed by atoms with E-state index in [0.717, 1.165) is 31.2 Å². The molecule has 1 aliphatic heterocycles. The molecule has 1 aromatic rings. The number of carbonyl (C=O) groups excluding carboxylic acids is 2. The number of benzene rings is 1. The second kappa shape index (κ2) is 11.2. The number of amides is 2. The van der Waals surface area contributed by atoms with E-state index in [9.17, 15) is 19.5 Å². The van der Waals surface area contributed by atoms with Crippen LogP contribution in [0.15, 0.2) is 30.3 Å². The number of carboxylic acid groups (broad SMARTS) is 1. The summed E-state index contributed by atoms with van der Waals surface area (Å²) in [4.78, 5) is 39.3. The van der Waals surface area contributed by atoms with E-state index in [1.807, 2.05) is 37.3 Å². The Kier molecular flexibility index (Phi) is 9.01. The third-order valence-electron chi connectivity index (χ3n) is 5.50. The summed E-state index contributed by atoms with van der Waals surface area (Å²) in [5.74, 6) is -1.58. The summed E-state index contributed by atoms with van der Waals surface area (Å²) in [6, 6.07) is 7.92. The van der Waals surface area contributed by atoms with Gasteiger partial charge in [-0.2, -0.15) is 12.6 Å². The van der Waals surface area contributed by atoms with Gasteiger partial charge in [-0.1, -0.05) is 50.6 Å². The zero-order valence-corrected chi connectivity index (χ0v) is 18.1. The van der Waals surface area contributed by atoms with Crippen molar-refractivity contribution in [3.8, 4) is 0 Å². The van der Waals surface area contributed by atoms with Crippen molar-refractivity contribution in [2.24, 2.45) is 0 Å². The number of nitrogens with one attached hydrogen (secondary N) is 1. The zero-order valence-electron chi connectivity index (χ0n) is 17.2. The minimum atomic E-state index is -0.995. The van der Waals surface area contributed by atoms with Crippen molar-refractivity contribution in [2.75, 3.05) is 0 Å². The minimum absolute atomic E-state index is 0.105. The van der Waals surface area contributed by atoms with Crippen LogP contribution in [0.4, 0.5) is 0 Å². The summed E-state index contributed by atoms with van der Waals surface area (Å²) in [6.45, 7) is 3.81. The van der Waals surface area contributed by atoms with Crippen LogP contribution in [0.25, 0.3) is 0 Å².